The van der Waals surface area contributed by atoms with Crippen LogP contribution >= 0.6 is 0 Å². The summed E-state index contributed by atoms with van der Waals surface area (Å²) in [5.74, 6) is -1.82. The number of nitrogen functional groups attached to an aromatic ring is 1. The summed E-state index contributed by atoms with van der Waals surface area (Å²) in [5, 5.41) is 9.07. The number of sulfonamides is 1. The number of rotatable bonds is 5. The first-order valence-electron chi connectivity index (χ1n) is 5.86. The summed E-state index contributed by atoms with van der Waals surface area (Å²) in [6.07, 6.45) is 0. The summed E-state index contributed by atoms with van der Waals surface area (Å²) in [6, 6.07) is 3.48. The minimum absolute atomic E-state index is 0.117. The van der Waals surface area contributed by atoms with Crippen LogP contribution in [0.1, 0.15) is 10.4 Å². The number of carbonyl (C=O) groups excluding carboxylic acids is 1. The molecule has 1 aromatic carbocycles. The molecule has 21 heavy (non-hydrogen) atoms. The van der Waals surface area contributed by atoms with Crippen molar-refractivity contribution in [3.63, 3.8) is 0 Å². The van der Waals surface area contributed by atoms with E-state index in [4.69, 9.17) is 10.8 Å². The summed E-state index contributed by atoms with van der Waals surface area (Å²) in [4.78, 5) is 23.5. The molecule has 0 aliphatic rings. The fourth-order valence-electron chi connectivity index (χ4n) is 1.51. The van der Waals surface area contributed by atoms with E-state index in [1.54, 1.807) is 0 Å². The maximum absolute atomic E-state index is 12.4. The van der Waals surface area contributed by atoms with Crippen LogP contribution in [0, 0.1) is 0 Å². The molecule has 8 nitrogen and oxygen atoms in total. The van der Waals surface area contributed by atoms with Gasteiger partial charge in [0.15, 0.2) is 0 Å². The number of likely N-dealkylation sites (N-methyl/N-ethyl adjacent to an activating group) is 2. The third-order valence-electron chi connectivity index (χ3n) is 2.78. The first-order chi connectivity index (χ1) is 9.57. The van der Waals surface area contributed by atoms with Gasteiger partial charge in [-0.05, 0) is 18.2 Å². The van der Waals surface area contributed by atoms with Gasteiger partial charge in [0.05, 0.1) is 17.0 Å². The quantitative estimate of drug-likeness (QED) is 0.718. The van der Waals surface area contributed by atoms with Gasteiger partial charge in [-0.25, -0.2) is 13.2 Å². The van der Waals surface area contributed by atoms with E-state index in [0.717, 1.165) is 16.4 Å². The molecule has 1 aromatic rings. The monoisotopic (exact) mass is 315 g/mol. The van der Waals surface area contributed by atoms with E-state index in [2.05, 4.69) is 0 Å². The summed E-state index contributed by atoms with van der Waals surface area (Å²) in [7, 11) is 0.0433. The van der Waals surface area contributed by atoms with Crippen LogP contribution in [0.5, 0.6) is 0 Å². The average molecular weight is 315 g/mol. The van der Waals surface area contributed by atoms with Crippen molar-refractivity contribution >= 4 is 27.6 Å². The molecule has 0 aromatic heterocycles. The Morgan fingerprint density at radius 2 is 1.81 bits per heavy atom. The molecule has 0 bridgehead atoms. The van der Waals surface area contributed by atoms with Gasteiger partial charge >= 0.3 is 5.97 Å². The Hall–Kier alpha value is -2.13. The number of carboxylic acids is 1. The number of hydrogen-bond acceptors (Lipinski definition) is 5. The third-order valence-corrected chi connectivity index (χ3v) is 4.62. The van der Waals surface area contributed by atoms with Crippen LogP contribution < -0.4 is 5.73 Å². The summed E-state index contributed by atoms with van der Waals surface area (Å²) in [6.45, 7) is -0.400. The van der Waals surface area contributed by atoms with Crippen LogP contribution in [0.2, 0.25) is 0 Å². The van der Waals surface area contributed by atoms with E-state index in [-0.39, 0.29) is 5.69 Å². The second-order valence-corrected chi connectivity index (χ2v) is 6.62. The highest BCUT2D eigenvalue weighted by molar-refractivity contribution is 7.89. The predicted molar refractivity (Wildman–Crippen MR) is 76.3 cm³/mol. The minimum atomic E-state index is -4.14. The molecule has 116 valence electrons. The maximum Gasteiger partial charge on any atom is 0.337 e. The fourth-order valence-corrected chi connectivity index (χ4v) is 2.85. The lowest BCUT2D eigenvalue weighted by Crippen LogP contribution is -2.38. The van der Waals surface area contributed by atoms with E-state index in [1.165, 1.54) is 32.1 Å². The van der Waals surface area contributed by atoms with Gasteiger partial charge in [0.1, 0.15) is 0 Å². The summed E-state index contributed by atoms with van der Waals surface area (Å²) < 4.78 is 25.6. The average Bonchev–Trinajstić information content (AvgIpc) is 2.37. The highest BCUT2D eigenvalue weighted by atomic mass is 32.2. The molecule has 0 aliphatic carbocycles. The zero-order chi connectivity index (χ0) is 16.4. The van der Waals surface area contributed by atoms with Crippen molar-refractivity contribution in [2.24, 2.45) is 0 Å². The number of carboxylic acid groups (broad SMARTS) is 1. The number of nitrogens with two attached hydrogens (primary N) is 1. The molecule has 0 atom stereocenters. The van der Waals surface area contributed by atoms with Crippen molar-refractivity contribution in [1.29, 1.82) is 0 Å². The lowest BCUT2D eigenvalue weighted by Gasteiger charge is -2.20. The van der Waals surface area contributed by atoms with Gasteiger partial charge in [-0.15, -0.1) is 0 Å². The molecule has 0 heterocycles. The Bertz CT molecular complexity index is 669. The first-order valence-corrected chi connectivity index (χ1v) is 7.30. The molecule has 1 rings (SSSR count). The smallest absolute Gasteiger partial charge is 0.337 e. The molecule has 1 amide bonds. The number of benzene rings is 1. The SMILES string of the molecule is CN(C)C(=O)CN(C)S(=O)(=O)c1cc(N)ccc1C(=O)O. The number of carbonyl (C=O) groups is 2. The lowest BCUT2D eigenvalue weighted by molar-refractivity contribution is -0.128. The lowest BCUT2D eigenvalue weighted by atomic mass is 10.2. The molecule has 0 saturated heterocycles. The van der Waals surface area contributed by atoms with E-state index in [9.17, 15) is 18.0 Å². The van der Waals surface area contributed by atoms with E-state index in [0.29, 0.717) is 0 Å². The van der Waals surface area contributed by atoms with Gasteiger partial charge in [0.2, 0.25) is 15.9 Å². The Balaban J connectivity index is 3.27. The number of aromatic carboxylic acids is 1. The standard InChI is InChI=1S/C12H17N3O5S/c1-14(2)11(16)7-15(3)21(19,20)10-6-8(13)4-5-9(10)12(17)18/h4-6H,7,13H2,1-3H3,(H,17,18). The highest BCUT2D eigenvalue weighted by Gasteiger charge is 2.28. The van der Waals surface area contributed by atoms with Gasteiger partial charge < -0.3 is 15.7 Å². The van der Waals surface area contributed by atoms with E-state index >= 15 is 0 Å². The highest BCUT2D eigenvalue weighted by Crippen LogP contribution is 2.22. The first kappa shape index (κ1) is 16.9. The summed E-state index contributed by atoms with van der Waals surface area (Å²) >= 11 is 0. The van der Waals surface area contributed by atoms with E-state index in [1.807, 2.05) is 0 Å². The van der Waals surface area contributed by atoms with Crippen molar-refractivity contribution in [1.82, 2.24) is 9.21 Å². The number of amides is 1. The van der Waals surface area contributed by atoms with Crippen LogP contribution in [-0.2, 0) is 14.8 Å². The molecule has 0 saturated carbocycles. The second-order valence-electron chi connectivity index (χ2n) is 4.61. The van der Waals surface area contributed by atoms with Crippen LogP contribution in [0.25, 0.3) is 0 Å². The fraction of sp³-hybridized carbons (Fsp3) is 0.333. The minimum Gasteiger partial charge on any atom is -0.478 e. The van der Waals surface area contributed by atoms with Crippen LogP contribution in [-0.4, -0.2) is 62.3 Å². The Morgan fingerprint density at radius 1 is 1.24 bits per heavy atom. The third kappa shape index (κ3) is 3.70. The molecule has 9 heteroatoms. The summed E-state index contributed by atoms with van der Waals surface area (Å²) in [5.41, 5.74) is 5.24. The number of anilines is 1. The van der Waals surface area contributed by atoms with Crippen LogP contribution in [0.4, 0.5) is 5.69 Å². The molecule has 0 unspecified atom stereocenters. The molecule has 0 spiro atoms. The normalized spacial score (nSPS) is 11.4. The molecule has 0 radical (unpaired) electrons. The topological polar surface area (TPSA) is 121 Å². The Kier molecular flexibility index (Phi) is 4.92. The molecular formula is C12H17N3O5S. The van der Waals surface area contributed by atoms with Crippen molar-refractivity contribution in [2.75, 3.05) is 33.4 Å². The molecule has 3 N–H and O–H groups in total. The van der Waals surface area contributed by atoms with Crippen LogP contribution in [0.3, 0.4) is 0 Å². The van der Waals surface area contributed by atoms with Gasteiger partial charge in [-0.2, -0.15) is 4.31 Å². The van der Waals surface area contributed by atoms with Crippen molar-refractivity contribution in [3.8, 4) is 0 Å². The van der Waals surface area contributed by atoms with Crippen LogP contribution in [0.15, 0.2) is 23.1 Å². The van der Waals surface area contributed by atoms with Gasteiger partial charge in [0, 0.05) is 26.8 Å². The molecule has 0 aliphatic heterocycles. The molecule has 0 fully saturated rings. The maximum atomic E-state index is 12.4. The second kappa shape index (κ2) is 6.10. The largest absolute Gasteiger partial charge is 0.478 e. The number of hydrogen-bond donors (Lipinski definition) is 2. The van der Waals surface area contributed by atoms with Gasteiger partial charge in [-0.1, -0.05) is 0 Å². The predicted octanol–water partition coefficient (Wildman–Crippen LogP) is -0.324. The zero-order valence-corrected chi connectivity index (χ0v) is 12.7. The van der Waals surface area contributed by atoms with E-state index < -0.39 is 38.9 Å². The zero-order valence-electron chi connectivity index (χ0n) is 11.9. The van der Waals surface area contributed by atoms with Crippen molar-refractivity contribution < 1.29 is 23.1 Å². The van der Waals surface area contributed by atoms with Crippen molar-refractivity contribution in [3.05, 3.63) is 23.8 Å². The Labute approximate surface area is 122 Å². The van der Waals surface area contributed by atoms with Gasteiger partial charge in [-0.3, -0.25) is 4.79 Å². The van der Waals surface area contributed by atoms with Crippen molar-refractivity contribution in [2.45, 2.75) is 4.90 Å². The molecular weight excluding hydrogens is 298 g/mol. The van der Waals surface area contributed by atoms with Gasteiger partial charge in [0.25, 0.3) is 0 Å². The number of nitrogens with zero attached hydrogens (tertiary/aromatic N) is 2. The Morgan fingerprint density at radius 3 is 2.29 bits per heavy atom.